The summed E-state index contributed by atoms with van der Waals surface area (Å²) < 4.78 is 5.35. The molecular weight excluding hydrogens is 328 g/mol. The van der Waals surface area contributed by atoms with Gasteiger partial charge in [-0.15, -0.1) is 0 Å². The fourth-order valence-electron chi connectivity index (χ4n) is 1.91. The maximum absolute atomic E-state index is 11.7. The van der Waals surface area contributed by atoms with Crippen LogP contribution in [0.3, 0.4) is 0 Å². The largest absolute Gasteiger partial charge is 0.494 e. The predicted molar refractivity (Wildman–Crippen MR) is 94.5 cm³/mol. The van der Waals surface area contributed by atoms with Crippen molar-refractivity contribution in [3.63, 3.8) is 0 Å². The van der Waals surface area contributed by atoms with Crippen molar-refractivity contribution in [3.8, 4) is 5.75 Å². The maximum atomic E-state index is 11.7. The highest BCUT2D eigenvalue weighted by Gasteiger charge is 2.02. The molecule has 2 aromatic rings. The van der Waals surface area contributed by atoms with Crippen LogP contribution in [0.4, 0.5) is 0 Å². The Morgan fingerprint density at radius 2 is 2.04 bits per heavy atom. The third-order valence-corrected chi connectivity index (χ3v) is 3.28. The van der Waals surface area contributed by atoms with Crippen molar-refractivity contribution in [2.24, 2.45) is 5.16 Å². The zero-order valence-corrected chi connectivity index (χ0v) is 14.1. The van der Waals surface area contributed by atoms with Crippen molar-refractivity contribution in [1.82, 2.24) is 5.32 Å². The third-order valence-electron chi connectivity index (χ3n) is 3.04. The number of oxime groups is 1. The minimum atomic E-state index is -0.251. The van der Waals surface area contributed by atoms with E-state index in [0.717, 1.165) is 16.9 Å². The number of ether oxygens (including phenoxy) is 1. The molecule has 0 aliphatic rings. The number of hydrogen-bond acceptors (Lipinski definition) is 4. The van der Waals surface area contributed by atoms with E-state index < -0.39 is 0 Å². The van der Waals surface area contributed by atoms with Crippen molar-refractivity contribution in [3.05, 3.63) is 64.7 Å². The van der Waals surface area contributed by atoms with Gasteiger partial charge >= 0.3 is 0 Å². The van der Waals surface area contributed by atoms with Gasteiger partial charge in [-0.2, -0.15) is 0 Å². The van der Waals surface area contributed by atoms with Crippen LogP contribution in [0.2, 0.25) is 5.02 Å². The van der Waals surface area contributed by atoms with Crippen molar-refractivity contribution < 1.29 is 14.4 Å². The number of hydrogen-bond donors (Lipinski definition) is 1. The van der Waals surface area contributed by atoms with Crippen LogP contribution in [0.15, 0.2) is 53.7 Å². The van der Waals surface area contributed by atoms with Crippen molar-refractivity contribution >= 4 is 23.7 Å². The number of benzene rings is 2. The minimum absolute atomic E-state index is 0.145. The molecule has 1 N–H and O–H groups in total. The summed E-state index contributed by atoms with van der Waals surface area (Å²) in [6, 6.07) is 14.7. The lowest BCUT2D eigenvalue weighted by Gasteiger charge is -2.05. The van der Waals surface area contributed by atoms with E-state index in [1.807, 2.05) is 43.3 Å². The molecule has 0 aliphatic carbocycles. The van der Waals surface area contributed by atoms with Gasteiger partial charge in [-0.3, -0.25) is 4.79 Å². The summed E-state index contributed by atoms with van der Waals surface area (Å²) >= 11 is 5.88. The molecule has 0 saturated carbocycles. The number of carbonyl (C=O) groups is 1. The van der Waals surface area contributed by atoms with Gasteiger partial charge < -0.3 is 14.9 Å². The quantitative estimate of drug-likeness (QED) is 0.588. The standard InChI is InChI=1S/C18H19ClN2O3/c1-2-23-17-8-6-14(7-9-17)12-21-24-13-18(22)20-11-15-4-3-5-16(19)10-15/h3-10,12H,2,11,13H2,1H3,(H,20,22)/b21-12-. The molecule has 0 fully saturated rings. The summed E-state index contributed by atoms with van der Waals surface area (Å²) in [5.74, 6) is 0.551. The van der Waals surface area contributed by atoms with E-state index in [4.69, 9.17) is 21.2 Å². The van der Waals surface area contributed by atoms with E-state index in [1.54, 1.807) is 18.3 Å². The molecule has 0 aromatic heterocycles. The number of halogens is 1. The first kappa shape index (κ1) is 17.8. The molecule has 24 heavy (non-hydrogen) atoms. The summed E-state index contributed by atoms with van der Waals surface area (Å²) in [6.07, 6.45) is 1.54. The molecule has 0 saturated heterocycles. The van der Waals surface area contributed by atoms with Gasteiger partial charge in [-0.25, -0.2) is 0 Å². The van der Waals surface area contributed by atoms with Gasteiger partial charge in [0, 0.05) is 11.6 Å². The van der Waals surface area contributed by atoms with E-state index in [-0.39, 0.29) is 12.5 Å². The minimum Gasteiger partial charge on any atom is -0.494 e. The van der Waals surface area contributed by atoms with E-state index in [9.17, 15) is 4.79 Å². The van der Waals surface area contributed by atoms with Gasteiger partial charge in [0.05, 0.1) is 12.8 Å². The Labute approximate surface area is 146 Å². The van der Waals surface area contributed by atoms with Crippen LogP contribution < -0.4 is 10.1 Å². The first-order valence-electron chi connectivity index (χ1n) is 7.56. The van der Waals surface area contributed by atoms with E-state index in [0.29, 0.717) is 18.2 Å². The average Bonchev–Trinajstić information content (AvgIpc) is 2.59. The highest BCUT2D eigenvalue weighted by Crippen LogP contribution is 2.11. The van der Waals surface area contributed by atoms with Gasteiger partial charge in [0.1, 0.15) is 5.75 Å². The van der Waals surface area contributed by atoms with Gasteiger partial charge in [0.15, 0.2) is 6.61 Å². The van der Waals surface area contributed by atoms with E-state index in [1.165, 1.54) is 0 Å². The second kappa shape index (κ2) is 9.57. The molecule has 2 aromatic carbocycles. The molecule has 0 radical (unpaired) electrons. The molecule has 0 bridgehead atoms. The second-order valence-corrected chi connectivity index (χ2v) is 5.35. The Morgan fingerprint density at radius 3 is 2.75 bits per heavy atom. The Balaban J connectivity index is 1.70. The van der Waals surface area contributed by atoms with Gasteiger partial charge in [0.25, 0.3) is 5.91 Å². The van der Waals surface area contributed by atoms with Crippen LogP contribution >= 0.6 is 11.6 Å². The highest BCUT2D eigenvalue weighted by molar-refractivity contribution is 6.30. The van der Waals surface area contributed by atoms with E-state index in [2.05, 4.69) is 10.5 Å². The SMILES string of the molecule is CCOc1ccc(/C=N\OCC(=O)NCc2cccc(Cl)c2)cc1. The summed E-state index contributed by atoms with van der Waals surface area (Å²) in [7, 11) is 0. The molecule has 2 rings (SSSR count). The van der Waals surface area contributed by atoms with Gasteiger partial charge in [-0.1, -0.05) is 28.9 Å². The smallest absolute Gasteiger partial charge is 0.261 e. The van der Waals surface area contributed by atoms with Crippen LogP contribution in [0.5, 0.6) is 5.75 Å². The van der Waals surface area contributed by atoms with Crippen molar-refractivity contribution in [1.29, 1.82) is 0 Å². The number of nitrogens with zero attached hydrogens (tertiary/aromatic N) is 1. The lowest BCUT2D eigenvalue weighted by atomic mass is 10.2. The monoisotopic (exact) mass is 346 g/mol. The van der Waals surface area contributed by atoms with Crippen LogP contribution in [0, 0.1) is 0 Å². The molecule has 0 spiro atoms. The number of rotatable bonds is 8. The molecule has 1 amide bonds. The number of nitrogens with one attached hydrogen (secondary N) is 1. The van der Waals surface area contributed by atoms with Crippen LogP contribution in [-0.4, -0.2) is 25.3 Å². The zero-order valence-electron chi connectivity index (χ0n) is 13.4. The zero-order chi connectivity index (χ0) is 17.2. The van der Waals surface area contributed by atoms with Gasteiger partial charge in [-0.05, 0) is 54.4 Å². The Bertz CT molecular complexity index is 687. The van der Waals surface area contributed by atoms with Crippen LogP contribution in [-0.2, 0) is 16.2 Å². The molecule has 0 heterocycles. The molecule has 126 valence electrons. The molecule has 0 aliphatic heterocycles. The summed E-state index contributed by atoms with van der Waals surface area (Å²) in [5.41, 5.74) is 1.78. The van der Waals surface area contributed by atoms with Crippen LogP contribution in [0.25, 0.3) is 0 Å². The third kappa shape index (κ3) is 6.30. The van der Waals surface area contributed by atoms with Crippen molar-refractivity contribution in [2.75, 3.05) is 13.2 Å². The average molecular weight is 347 g/mol. The molecule has 0 unspecified atom stereocenters. The summed E-state index contributed by atoms with van der Waals surface area (Å²) in [5, 5.41) is 7.15. The van der Waals surface area contributed by atoms with Crippen LogP contribution in [0.1, 0.15) is 18.1 Å². The summed E-state index contributed by atoms with van der Waals surface area (Å²) in [4.78, 5) is 16.7. The normalized spacial score (nSPS) is 10.6. The fraction of sp³-hybridized carbons (Fsp3) is 0.222. The fourth-order valence-corrected chi connectivity index (χ4v) is 2.12. The second-order valence-electron chi connectivity index (χ2n) is 4.92. The van der Waals surface area contributed by atoms with E-state index >= 15 is 0 Å². The lowest BCUT2D eigenvalue weighted by molar-refractivity contribution is -0.125. The topological polar surface area (TPSA) is 59.9 Å². The molecule has 6 heteroatoms. The first-order chi connectivity index (χ1) is 11.7. The molecular formula is C18H19ClN2O3. The van der Waals surface area contributed by atoms with Crippen molar-refractivity contribution in [2.45, 2.75) is 13.5 Å². The Hall–Kier alpha value is -2.53. The first-order valence-corrected chi connectivity index (χ1v) is 7.94. The van der Waals surface area contributed by atoms with Gasteiger partial charge in [0.2, 0.25) is 0 Å². The predicted octanol–water partition coefficient (Wildman–Crippen LogP) is 3.41. The Morgan fingerprint density at radius 1 is 1.25 bits per heavy atom. The number of amides is 1. The lowest BCUT2D eigenvalue weighted by Crippen LogP contribution is -2.26. The highest BCUT2D eigenvalue weighted by atomic mass is 35.5. The molecule has 0 atom stereocenters. The Kier molecular flexibility index (Phi) is 7.11. The summed E-state index contributed by atoms with van der Waals surface area (Å²) in [6.45, 7) is 2.81. The maximum Gasteiger partial charge on any atom is 0.261 e. The number of carbonyl (C=O) groups excluding carboxylic acids is 1. The molecule has 5 nitrogen and oxygen atoms in total.